The van der Waals surface area contributed by atoms with Gasteiger partial charge in [-0.3, -0.25) is 0 Å². The van der Waals surface area contributed by atoms with E-state index in [4.69, 9.17) is 5.73 Å². The molecular formula is C9H15N3. The first-order valence-electron chi connectivity index (χ1n) is 4.13. The van der Waals surface area contributed by atoms with Crippen molar-refractivity contribution in [3.05, 3.63) is 16.8 Å². The third-order valence-electron chi connectivity index (χ3n) is 2.14. The number of aromatic nitrogens is 2. The average Bonchev–Trinajstić information content (AvgIpc) is 2.00. The van der Waals surface area contributed by atoms with E-state index < -0.39 is 0 Å². The highest BCUT2D eigenvalue weighted by Gasteiger charge is 2.09. The Hall–Kier alpha value is -1.12. The van der Waals surface area contributed by atoms with Crippen LogP contribution in [-0.4, -0.2) is 10.2 Å². The number of hydrogen-bond acceptors (Lipinski definition) is 3. The molecule has 0 aromatic carbocycles. The van der Waals surface area contributed by atoms with Crippen LogP contribution in [0.15, 0.2) is 0 Å². The van der Waals surface area contributed by atoms with Crippen molar-refractivity contribution in [2.75, 3.05) is 5.73 Å². The van der Waals surface area contributed by atoms with E-state index in [0.717, 1.165) is 16.8 Å². The van der Waals surface area contributed by atoms with E-state index in [1.165, 1.54) is 0 Å². The summed E-state index contributed by atoms with van der Waals surface area (Å²) in [7, 11) is 0. The van der Waals surface area contributed by atoms with Gasteiger partial charge in [0, 0.05) is 0 Å². The van der Waals surface area contributed by atoms with Crippen molar-refractivity contribution >= 4 is 5.82 Å². The highest BCUT2D eigenvalue weighted by molar-refractivity contribution is 5.44. The van der Waals surface area contributed by atoms with Crippen LogP contribution in [-0.2, 0) is 0 Å². The summed E-state index contributed by atoms with van der Waals surface area (Å²) in [4.78, 5) is 0. The van der Waals surface area contributed by atoms with Crippen LogP contribution in [0.1, 0.15) is 36.6 Å². The second-order valence-electron chi connectivity index (χ2n) is 3.38. The number of nitrogen functional groups attached to an aromatic ring is 1. The normalized spacial score (nSPS) is 10.8. The maximum absolute atomic E-state index is 5.62. The van der Waals surface area contributed by atoms with Gasteiger partial charge < -0.3 is 5.73 Å². The molecular weight excluding hydrogens is 150 g/mol. The van der Waals surface area contributed by atoms with E-state index in [1.807, 2.05) is 13.8 Å². The predicted molar refractivity (Wildman–Crippen MR) is 50.0 cm³/mol. The lowest BCUT2D eigenvalue weighted by Crippen LogP contribution is -2.05. The zero-order valence-corrected chi connectivity index (χ0v) is 8.05. The van der Waals surface area contributed by atoms with Gasteiger partial charge in [0.25, 0.3) is 0 Å². The molecule has 66 valence electrons. The second-order valence-corrected chi connectivity index (χ2v) is 3.38. The fourth-order valence-corrected chi connectivity index (χ4v) is 1.19. The Morgan fingerprint density at radius 2 is 1.67 bits per heavy atom. The van der Waals surface area contributed by atoms with Crippen LogP contribution in [0.4, 0.5) is 5.82 Å². The maximum Gasteiger partial charge on any atom is 0.149 e. The SMILES string of the molecule is Cc1c(N)nnc(C(C)C)c1C. The van der Waals surface area contributed by atoms with Crippen LogP contribution < -0.4 is 5.73 Å². The van der Waals surface area contributed by atoms with Gasteiger partial charge in [-0.15, -0.1) is 5.10 Å². The molecule has 0 saturated carbocycles. The van der Waals surface area contributed by atoms with E-state index in [-0.39, 0.29) is 0 Å². The van der Waals surface area contributed by atoms with Gasteiger partial charge in [-0.05, 0) is 30.9 Å². The molecule has 12 heavy (non-hydrogen) atoms. The lowest BCUT2D eigenvalue weighted by molar-refractivity contribution is 0.772. The summed E-state index contributed by atoms with van der Waals surface area (Å²) in [5, 5.41) is 7.95. The number of rotatable bonds is 1. The standard InChI is InChI=1S/C9H15N3/c1-5(2)8-6(3)7(4)9(10)12-11-8/h5H,1-4H3,(H2,10,12). The first kappa shape index (κ1) is 8.97. The first-order chi connectivity index (χ1) is 5.54. The Bertz CT molecular complexity index is 292. The molecule has 0 aliphatic carbocycles. The third kappa shape index (κ3) is 1.40. The van der Waals surface area contributed by atoms with Crippen LogP contribution in [0.5, 0.6) is 0 Å². The number of nitrogens with zero attached hydrogens (tertiary/aromatic N) is 2. The molecule has 1 heterocycles. The van der Waals surface area contributed by atoms with E-state index in [0.29, 0.717) is 11.7 Å². The highest BCUT2D eigenvalue weighted by Crippen LogP contribution is 2.20. The van der Waals surface area contributed by atoms with Crippen LogP contribution in [0.3, 0.4) is 0 Å². The van der Waals surface area contributed by atoms with Crippen LogP contribution in [0.2, 0.25) is 0 Å². The fraction of sp³-hybridized carbons (Fsp3) is 0.556. The summed E-state index contributed by atoms with van der Waals surface area (Å²) in [6.45, 7) is 8.22. The molecule has 0 aliphatic heterocycles. The Morgan fingerprint density at radius 1 is 1.08 bits per heavy atom. The highest BCUT2D eigenvalue weighted by atomic mass is 15.1. The summed E-state index contributed by atoms with van der Waals surface area (Å²) in [6, 6.07) is 0. The second kappa shape index (κ2) is 3.09. The minimum atomic E-state index is 0.414. The number of hydrogen-bond donors (Lipinski definition) is 1. The molecule has 0 fully saturated rings. The number of nitrogens with two attached hydrogens (primary N) is 1. The number of anilines is 1. The molecule has 0 atom stereocenters. The lowest BCUT2D eigenvalue weighted by atomic mass is 10.0. The molecule has 0 bridgehead atoms. The summed E-state index contributed by atoms with van der Waals surface area (Å²) in [5.74, 6) is 0.953. The summed E-state index contributed by atoms with van der Waals surface area (Å²) >= 11 is 0. The first-order valence-corrected chi connectivity index (χ1v) is 4.13. The Kier molecular flexibility index (Phi) is 2.31. The fourth-order valence-electron chi connectivity index (χ4n) is 1.19. The van der Waals surface area contributed by atoms with Crippen molar-refractivity contribution in [2.45, 2.75) is 33.6 Å². The van der Waals surface area contributed by atoms with E-state index in [2.05, 4.69) is 24.0 Å². The van der Waals surface area contributed by atoms with Crippen molar-refractivity contribution in [1.29, 1.82) is 0 Å². The molecule has 1 rings (SSSR count). The van der Waals surface area contributed by atoms with Crippen molar-refractivity contribution in [2.24, 2.45) is 0 Å². The predicted octanol–water partition coefficient (Wildman–Crippen LogP) is 1.80. The van der Waals surface area contributed by atoms with Gasteiger partial charge in [-0.25, -0.2) is 0 Å². The van der Waals surface area contributed by atoms with Crippen molar-refractivity contribution in [3.63, 3.8) is 0 Å². The van der Waals surface area contributed by atoms with Gasteiger partial charge in [-0.1, -0.05) is 13.8 Å². The quantitative estimate of drug-likeness (QED) is 0.690. The summed E-state index contributed by atoms with van der Waals surface area (Å²) in [6.07, 6.45) is 0. The van der Waals surface area contributed by atoms with Crippen LogP contribution in [0, 0.1) is 13.8 Å². The molecule has 3 nitrogen and oxygen atoms in total. The van der Waals surface area contributed by atoms with Crippen LogP contribution in [0.25, 0.3) is 0 Å². The molecule has 0 unspecified atom stereocenters. The van der Waals surface area contributed by atoms with Crippen molar-refractivity contribution < 1.29 is 0 Å². The Balaban J connectivity index is 3.27. The molecule has 1 aromatic rings. The largest absolute Gasteiger partial charge is 0.382 e. The topological polar surface area (TPSA) is 51.8 Å². The molecule has 2 N–H and O–H groups in total. The van der Waals surface area contributed by atoms with Gasteiger partial charge in [0.2, 0.25) is 0 Å². The smallest absolute Gasteiger partial charge is 0.149 e. The van der Waals surface area contributed by atoms with Crippen LogP contribution >= 0.6 is 0 Å². The zero-order chi connectivity index (χ0) is 9.30. The Morgan fingerprint density at radius 3 is 2.17 bits per heavy atom. The van der Waals surface area contributed by atoms with Gasteiger partial charge in [0.15, 0.2) is 0 Å². The molecule has 0 aliphatic rings. The molecule has 0 spiro atoms. The maximum atomic E-state index is 5.62. The van der Waals surface area contributed by atoms with E-state index >= 15 is 0 Å². The van der Waals surface area contributed by atoms with E-state index in [1.54, 1.807) is 0 Å². The van der Waals surface area contributed by atoms with Gasteiger partial charge in [-0.2, -0.15) is 5.10 Å². The minimum Gasteiger partial charge on any atom is -0.382 e. The third-order valence-corrected chi connectivity index (χ3v) is 2.14. The molecule has 0 radical (unpaired) electrons. The molecule has 0 amide bonds. The zero-order valence-electron chi connectivity index (χ0n) is 8.05. The lowest BCUT2D eigenvalue weighted by Gasteiger charge is -2.10. The molecule has 1 aromatic heterocycles. The van der Waals surface area contributed by atoms with Crippen molar-refractivity contribution in [3.8, 4) is 0 Å². The minimum absolute atomic E-state index is 0.414. The summed E-state index contributed by atoms with van der Waals surface area (Å²) in [5.41, 5.74) is 8.87. The molecule has 0 saturated heterocycles. The van der Waals surface area contributed by atoms with Gasteiger partial charge in [0.1, 0.15) is 5.82 Å². The van der Waals surface area contributed by atoms with E-state index in [9.17, 15) is 0 Å². The van der Waals surface area contributed by atoms with Gasteiger partial charge in [0.05, 0.1) is 5.69 Å². The summed E-state index contributed by atoms with van der Waals surface area (Å²) < 4.78 is 0. The van der Waals surface area contributed by atoms with Gasteiger partial charge >= 0.3 is 0 Å². The average molecular weight is 165 g/mol. The van der Waals surface area contributed by atoms with Crippen molar-refractivity contribution in [1.82, 2.24) is 10.2 Å². The Labute approximate surface area is 73.0 Å². The molecule has 3 heteroatoms. The monoisotopic (exact) mass is 165 g/mol.